The highest BCUT2D eigenvalue weighted by Gasteiger charge is 2.47. The van der Waals surface area contributed by atoms with E-state index in [0.717, 1.165) is 11.1 Å². The third-order valence-corrected chi connectivity index (χ3v) is 5.35. The molecule has 146 valence electrons. The van der Waals surface area contributed by atoms with Crippen molar-refractivity contribution in [3.05, 3.63) is 101 Å². The van der Waals surface area contributed by atoms with E-state index in [1.54, 1.807) is 19.1 Å². The second-order valence-electron chi connectivity index (χ2n) is 7.39. The molecule has 1 N–H and O–H groups in total. The van der Waals surface area contributed by atoms with Gasteiger partial charge in [-0.3, -0.25) is 14.5 Å². The van der Waals surface area contributed by atoms with Gasteiger partial charge in [0.2, 0.25) is 5.91 Å². The molecule has 0 fully saturated rings. The van der Waals surface area contributed by atoms with Crippen LogP contribution in [0, 0.1) is 5.82 Å². The topological polar surface area (TPSA) is 49.4 Å². The Kier molecular flexibility index (Phi) is 4.89. The van der Waals surface area contributed by atoms with Gasteiger partial charge in [-0.2, -0.15) is 0 Å². The van der Waals surface area contributed by atoms with Crippen molar-refractivity contribution in [2.75, 3.05) is 4.90 Å². The number of rotatable bonds is 4. The van der Waals surface area contributed by atoms with Crippen molar-refractivity contribution in [3.63, 3.8) is 0 Å². The Labute approximate surface area is 169 Å². The molecule has 3 aromatic carbocycles. The van der Waals surface area contributed by atoms with Gasteiger partial charge in [0.25, 0.3) is 5.91 Å². The maximum absolute atomic E-state index is 13.5. The summed E-state index contributed by atoms with van der Waals surface area (Å²) in [6.45, 7) is 2.12. The summed E-state index contributed by atoms with van der Waals surface area (Å²) in [5.74, 6) is -0.918. The first-order valence-corrected chi connectivity index (χ1v) is 9.49. The fourth-order valence-corrected chi connectivity index (χ4v) is 3.82. The van der Waals surface area contributed by atoms with E-state index < -0.39 is 11.4 Å². The molecule has 0 spiro atoms. The largest absolute Gasteiger partial charge is 0.350 e. The molecule has 4 nitrogen and oxygen atoms in total. The summed E-state index contributed by atoms with van der Waals surface area (Å²) in [6.07, 6.45) is 0.368. The van der Waals surface area contributed by atoms with Crippen LogP contribution in [0.4, 0.5) is 10.1 Å². The van der Waals surface area contributed by atoms with Crippen LogP contribution in [-0.4, -0.2) is 17.4 Å². The Balaban J connectivity index is 1.71. The number of hydrogen-bond acceptors (Lipinski definition) is 2. The maximum atomic E-state index is 13.5. The lowest BCUT2D eigenvalue weighted by atomic mass is 9.82. The van der Waals surface area contributed by atoms with Crippen molar-refractivity contribution >= 4 is 17.5 Å². The zero-order valence-corrected chi connectivity index (χ0v) is 16.1. The molecule has 1 heterocycles. The van der Waals surface area contributed by atoms with Gasteiger partial charge in [0, 0.05) is 24.2 Å². The van der Waals surface area contributed by atoms with E-state index in [1.165, 1.54) is 29.2 Å². The zero-order chi connectivity index (χ0) is 20.4. The Hall–Kier alpha value is -3.47. The highest BCUT2D eigenvalue weighted by atomic mass is 19.1. The predicted octanol–water partition coefficient (Wildman–Crippen LogP) is 4.10. The van der Waals surface area contributed by atoms with Crippen molar-refractivity contribution in [1.82, 2.24) is 5.32 Å². The van der Waals surface area contributed by atoms with Gasteiger partial charge in [0.05, 0.1) is 0 Å². The smallest absolute Gasteiger partial charge is 0.259 e. The van der Waals surface area contributed by atoms with E-state index in [9.17, 15) is 14.0 Å². The quantitative estimate of drug-likeness (QED) is 0.731. The molecule has 2 amide bonds. The molecular weight excluding hydrogens is 367 g/mol. The number of halogens is 1. The maximum Gasteiger partial charge on any atom is 0.259 e. The minimum absolute atomic E-state index is 0.256. The number of hydrogen-bond donors (Lipinski definition) is 1. The Morgan fingerprint density at radius 2 is 1.66 bits per heavy atom. The Morgan fingerprint density at radius 1 is 1.00 bits per heavy atom. The highest BCUT2D eigenvalue weighted by molar-refractivity contribution is 6.14. The summed E-state index contributed by atoms with van der Waals surface area (Å²) in [5.41, 5.74) is 1.71. The molecule has 5 heteroatoms. The van der Waals surface area contributed by atoms with E-state index in [-0.39, 0.29) is 11.8 Å². The van der Waals surface area contributed by atoms with Gasteiger partial charge < -0.3 is 5.32 Å². The molecule has 1 aliphatic rings. The predicted molar refractivity (Wildman–Crippen MR) is 110 cm³/mol. The molecule has 4 rings (SSSR count). The first kappa shape index (κ1) is 18.9. The lowest BCUT2D eigenvalue weighted by Crippen LogP contribution is -2.63. The normalized spacial score (nSPS) is 18.3. The lowest BCUT2D eigenvalue weighted by molar-refractivity contribution is -0.126. The summed E-state index contributed by atoms with van der Waals surface area (Å²) >= 11 is 0. The summed E-state index contributed by atoms with van der Waals surface area (Å²) in [5, 5.41) is 2.96. The molecule has 1 unspecified atom stereocenters. The minimum Gasteiger partial charge on any atom is -0.350 e. The number of carbonyl (C=O) groups excluding carboxylic acids is 2. The third-order valence-electron chi connectivity index (χ3n) is 5.35. The van der Waals surface area contributed by atoms with E-state index >= 15 is 0 Å². The number of benzene rings is 3. The van der Waals surface area contributed by atoms with E-state index in [0.29, 0.717) is 24.2 Å². The van der Waals surface area contributed by atoms with Crippen LogP contribution in [0.15, 0.2) is 78.9 Å². The number of fused-ring (bicyclic) bond motifs is 1. The van der Waals surface area contributed by atoms with E-state index in [1.807, 2.05) is 42.5 Å². The average molecular weight is 388 g/mol. The number of carbonyl (C=O) groups is 2. The summed E-state index contributed by atoms with van der Waals surface area (Å²) in [4.78, 5) is 28.1. The molecule has 0 radical (unpaired) electrons. The molecule has 3 aromatic rings. The number of nitrogens with one attached hydrogen (secondary N) is 1. The molecule has 0 saturated heterocycles. The average Bonchev–Trinajstić information content (AvgIpc) is 2.74. The molecule has 1 atom stereocenters. The molecule has 0 aromatic heterocycles. The Bertz CT molecular complexity index is 1050. The fourth-order valence-electron chi connectivity index (χ4n) is 3.82. The van der Waals surface area contributed by atoms with Gasteiger partial charge in [-0.1, -0.05) is 48.5 Å². The van der Waals surface area contributed by atoms with Crippen molar-refractivity contribution < 1.29 is 14.0 Å². The Morgan fingerprint density at radius 3 is 2.38 bits per heavy atom. The molecule has 0 aliphatic carbocycles. The zero-order valence-electron chi connectivity index (χ0n) is 16.1. The second kappa shape index (κ2) is 7.51. The molecule has 1 aliphatic heterocycles. The monoisotopic (exact) mass is 388 g/mol. The van der Waals surface area contributed by atoms with Crippen LogP contribution in [0.1, 0.15) is 28.4 Å². The summed E-state index contributed by atoms with van der Waals surface area (Å²) in [7, 11) is 0. The van der Waals surface area contributed by atoms with Crippen molar-refractivity contribution in [2.24, 2.45) is 0 Å². The first-order chi connectivity index (χ1) is 14.0. The number of anilines is 1. The third kappa shape index (κ3) is 3.51. The lowest BCUT2D eigenvalue weighted by Gasteiger charge is -2.44. The van der Waals surface area contributed by atoms with Gasteiger partial charge in [-0.25, -0.2) is 4.39 Å². The fraction of sp³-hybridized carbons (Fsp3) is 0.167. The van der Waals surface area contributed by atoms with Crippen LogP contribution in [0.25, 0.3) is 0 Å². The van der Waals surface area contributed by atoms with Crippen LogP contribution in [0.2, 0.25) is 0 Å². The van der Waals surface area contributed by atoms with Crippen molar-refractivity contribution in [2.45, 2.75) is 25.4 Å². The molecule has 0 saturated carbocycles. The van der Waals surface area contributed by atoms with Crippen molar-refractivity contribution in [1.29, 1.82) is 0 Å². The second-order valence-corrected chi connectivity index (χ2v) is 7.39. The molecular formula is C24H21FN2O2. The highest BCUT2D eigenvalue weighted by Crippen LogP contribution is 2.35. The van der Waals surface area contributed by atoms with E-state index in [4.69, 9.17) is 0 Å². The van der Waals surface area contributed by atoms with Crippen LogP contribution in [-0.2, 0) is 17.8 Å². The first-order valence-electron chi connectivity index (χ1n) is 9.49. The van der Waals surface area contributed by atoms with Crippen LogP contribution < -0.4 is 10.2 Å². The number of nitrogens with zero attached hydrogens (tertiary/aromatic N) is 1. The van der Waals surface area contributed by atoms with Gasteiger partial charge in [-0.15, -0.1) is 0 Å². The standard InChI is InChI=1S/C24H21FN2O2/c1-24(23(29)26-16-17-7-3-2-4-8-17)15-18-9-5-6-10-21(18)22(28)27(24)20-13-11-19(25)12-14-20/h2-14H,15-16H2,1H3,(H,26,29). The summed E-state index contributed by atoms with van der Waals surface area (Å²) in [6, 6.07) is 22.6. The van der Waals surface area contributed by atoms with Crippen LogP contribution >= 0.6 is 0 Å². The van der Waals surface area contributed by atoms with Gasteiger partial charge in [0.1, 0.15) is 11.4 Å². The number of amides is 2. The molecule has 0 bridgehead atoms. The van der Waals surface area contributed by atoms with Gasteiger partial charge in [0.15, 0.2) is 0 Å². The van der Waals surface area contributed by atoms with Crippen molar-refractivity contribution in [3.8, 4) is 0 Å². The SMILES string of the molecule is CC1(C(=O)NCc2ccccc2)Cc2ccccc2C(=O)N1c1ccc(F)cc1. The van der Waals surface area contributed by atoms with E-state index in [2.05, 4.69) is 5.32 Å². The van der Waals surface area contributed by atoms with Crippen LogP contribution in [0.5, 0.6) is 0 Å². The van der Waals surface area contributed by atoms with Gasteiger partial charge >= 0.3 is 0 Å². The van der Waals surface area contributed by atoms with Crippen LogP contribution in [0.3, 0.4) is 0 Å². The summed E-state index contributed by atoms with van der Waals surface area (Å²) < 4.78 is 13.5. The minimum atomic E-state index is -1.14. The molecule has 29 heavy (non-hydrogen) atoms. The van der Waals surface area contributed by atoms with Gasteiger partial charge in [-0.05, 0) is 48.4 Å².